The Balaban J connectivity index is 2.12. The van der Waals surface area contributed by atoms with Gasteiger partial charge in [-0.1, -0.05) is 22.0 Å². The van der Waals surface area contributed by atoms with Crippen molar-refractivity contribution in [1.82, 2.24) is 0 Å². The van der Waals surface area contributed by atoms with Gasteiger partial charge in [-0.05, 0) is 41.1 Å². The normalized spacial score (nSPS) is 10.7. The van der Waals surface area contributed by atoms with E-state index in [1.54, 1.807) is 18.4 Å². The van der Waals surface area contributed by atoms with Gasteiger partial charge >= 0.3 is 0 Å². The molecule has 2 nitrogen and oxygen atoms in total. The van der Waals surface area contributed by atoms with E-state index >= 15 is 0 Å². The Morgan fingerprint density at radius 1 is 1.26 bits per heavy atom. The van der Waals surface area contributed by atoms with Crippen molar-refractivity contribution in [2.45, 2.75) is 20.1 Å². The number of ether oxygens (including phenoxy) is 1. The molecule has 0 spiro atoms. The third-order valence-electron chi connectivity index (χ3n) is 2.77. The summed E-state index contributed by atoms with van der Waals surface area (Å²) < 4.78 is 7.50. The van der Waals surface area contributed by atoms with E-state index in [1.165, 1.54) is 14.2 Å². The first-order valence-corrected chi connectivity index (χ1v) is 8.27. The summed E-state index contributed by atoms with van der Waals surface area (Å²) in [4.78, 5) is 2.62. The Morgan fingerprint density at radius 2 is 2.05 bits per heavy atom. The molecule has 1 N–H and O–H groups in total. The maximum Gasteiger partial charge on any atom is 0.0744 e. The van der Waals surface area contributed by atoms with Crippen LogP contribution in [0.4, 0.5) is 5.69 Å². The molecule has 0 aliphatic heterocycles. The van der Waals surface area contributed by atoms with Crippen LogP contribution in [0.5, 0.6) is 0 Å². The van der Waals surface area contributed by atoms with Crippen LogP contribution in [0.25, 0.3) is 0 Å². The van der Waals surface area contributed by atoms with E-state index < -0.39 is 0 Å². The van der Waals surface area contributed by atoms with Gasteiger partial charge in [0.2, 0.25) is 0 Å². The van der Waals surface area contributed by atoms with E-state index in [2.05, 4.69) is 56.2 Å². The largest absolute Gasteiger partial charge is 0.380 e. The fourth-order valence-corrected chi connectivity index (χ4v) is 3.82. The Labute approximate surface area is 134 Å². The second-order valence-electron chi connectivity index (χ2n) is 4.17. The topological polar surface area (TPSA) is 21.3 Å². The number of nitrogens with one attached hydrogen (secondary N) is 1. The molecule has 0 unspecified atom stereocenters. The lowest BCUT2D eigenvalue weighted by Crippen LogP contribution is -2.02. The summed E-state index contributed by atoms with van der Waals surface area (Å²) in [5.41, 5.74) is 2.26. The zero-order valence-corrected chi connectivity index (χ0v) is 14.8. The van der Waals surface area contributed by atoms with Gasteiger partial charge in [-0.25, -0.2) is 0 Å². The Hall–Kier alpha value is -0.360. The monoisotopic (exact) mass is 403 g/mol. The SMILES string of the molecule is COCc1c(Br)cccc1NCc1cc(Br)c(C)s1. The second kappa shape index (κ2) is 6.88. The Kier molecular flexibility index (Phi) is 5.45. The summed E-state index contributed by atoms with van der Waals surface area (Å²) in [5.74, 6) is 0. The fraction of sp³-hybridized carbons (Fsp3) is 0.286. The molecule has 2 rings (SSSR count). The molecule has 5 heteroatoms. The maximum absolute atomic E-state index is 5.25. The molecule has 0 bridgehead atoms. The molecule has 0 aliphatic carbocycles. The summed E-state index contributed by atoms with van der Waals surface area (Å²) in [6, 6.07) is 8.31. The van der Waals surface area contributed by atoms with Crippen molar-refractivity contribution >= 4 is 48.9 Å². The number of thiophene rings is 1. The Bertz CT molecular complexity index is 549. The van der Waals surface area contributed by atoms with Crippen molar-refractivity contribution in [1.29, 1.82) is 0 Å². The van der Waals surface area contributed by atoms with Crippen LogP contribution in [0.1, 0.15) is 15.3 Å². The summed E-state index contributed by atoms with van der Waals surface area (Å²) in [5, 5.41) is 3.48. The molecule has 1 aromatic carbocycles. The van der Waals surface area contributed by atoms with E-state index in [0.717, 1.165) is 22.3 Å². The first-order valence-electron chi connectivity index (χ1n) is 5.87. The number of benzene rings is 1. The molecule has 0 fully saturated rings. The first-order chi connectivity index (χ1) is 9.11. The van der Waals surface area contributed by atoms with Crippen molar-refractivity contribution in [2.75, 3.05) is 12.4 Å². The highest BCUT2D eigenvalue weighted by molar-refractivity contribution is 9.10. The zero-order chi connectivity index (χ0) is 13.8. The van der Waals surface area contributed by atoms with Crippen LogP contribution in [-0.2, 0) is 17.9 Å². The molecular formula is C14H15Br2NOS. The molecule has 2 aromatic rings. The quantitative estimate of drug-likeness (QED) is 0.725. The minimum absolute atomic E-state index is 0.594. The molecule has 0 atom stereocenters. The predicted octanol–water partition coefficient (Wildman–Crippen LogP) is 5.34. The molecule has 1 aromatic heterocycles. The number of aryl methyl sites for hydroxylation is 1. The summed E-state index contributed by atoms with van der Waals surface area (Å²) >= 11 is 8.92. The third kappa shape index (κ3) is 3.81. The second-order valence-corrected chi connectivity index (χ2v) is 7.22. The molecule has 1 heterocycles. The van der Waals surface area contributed by atoms with Crippen LogP contribution < -0.4 is 5.32 Å². The first kappa shape index (κ1) is 15.0. The Morgan fingerprint density at radius 3 is 2.68 bits per heavy atom. The molecule has 102 valence electrons. The zero-order valence-electron chi connectivity index (χ0n) is 10.8. The van der Waals surface area contributed by atoms with Gasteiger partial charge in [0.15, 0.2) is 0 Å². The van der Waals surface area contributed by atoms with Crippen LogP contribution in [-0.4, -0.2) is 7.11 Å². The van der Waals surface area contributed by atoms with Crippen molar-refractivity contribution in [3.05, 3.63) is 48.5 Å². The van der Waals surface area contributed by atoms with Crippen LogP contribution in [0.15, 0.2) is 33.2 Å². The standard InChI is InChI=1S/C14H15Br2NOS/c1-9-13(16)6-10(19-9)7-17-14-5-3-4-12(15)11(14)8-18-2/h3-6,17H,7-8H2,1-2H3. The molecule has 0 saturated heterocycles. The van der Waals surface area contributed by atoms with Crippen LogP contribution in [0.3, 0.4) is 0 Å². The molecule has 0 aliphatic rings. The lowest BCUT2D eigenvalue weighted by atomic mass is 10.2. The summed E-state index contributed by atoms with van der Waals surface area (Å²) in [6.07, 6.45) is 0. The lowest BCUT2D eigenvalue weighted by molar-refractivity contribution is 0.185. The van der Waals surface area contributed by atoms with E-state index in [-0.39, 0.29) is 0 Å². The number of halogens is 2. The van der Waals surface area contributed by atoms with Gasteiger partial charge in [0.25, 0.3) is 0 Å². The lowest BCUT2D eigenvalue weighted by Gasteiger charge is -2.12. The molecular weight excluding hydrogens is 390 g/mol. The van der Waals surface area contributed by atoms with Crippen molar-refractivity contribution in [3.63, 3.8) is 0 Å². The molecule has 0 radical (unpaired) electrons. The van der Waals surface area contributed by atoms with Gasteiger partial charge in [0.05, 0.1) is 6.61 Å². The van der Waals surface area contributed by atoms with Crippen LogP contribution in [0, 0.1) is 6.92 Å². The maximum atomic E-state index is 5.25. The van der Waals surface area contributed by atoms with Crippen molar-refractivity contribution < 1.29 is 4.74 Å². The highest BCUT2D eigenvalue weighted by Gasteiger charge is 2.07. The van der Waals surface area contributed by atoms with Gasteiger partial charge < -0.3 is 10.1 Å². The molecule has 0 amide bonds. The van der Waals surface area contributed by atoms with E-state index in [0.29, 0.717) is 6.61 Å². The van der Waals surface area contributed by atoms with Gasteiger partial charge in [0.1, 0.15) is 0 Å². The van der Waals surface area contributed by atoms with Crippen molar-refractivity contribution in [3.8, 4) is 0 Å². The number of hydrogen-bond donors (Lipinski definition) is 1. The van der Waals surface area contributed by atoms with Gasteiger partial charge in [-0.3, -0.25) is 0 Å². The van der Waals surface area contributed by atoms with Crippen LogP contribution >= 0.6 is 43.2 Å². The number of rotatable bonds is 5. The number of anilines is 1. The summed E-state index contributed by atoms with van der Waals surface area (Å²) in [7, 11) is 1.71. The predicted molar refractivity (Wildman–Crippen MR) is 88.9 cm³/mol. The minimum Gasteiger partial charge on any atom is -0.380 e. The van der Waals surface area contributed by atoms with Crippen LogP contribution in [0.2, 0.25) is 0 Å². The molecule has 0 saturated carbocycles. The third-order valence-corrected chi connectivity index (χ3v) is 5.65. The molecule has 19 heavy (non-hydrogen) atoms. The van der Waals surface area contributed by atoms with Gasteiger partial charge in [-0.2, -0.15) is 0 Å². The van der Waals surface area contributed by atoms with E-state index in [9.17, 15) is 0 Å². The van der Waals surface area contributed by atoms with Crippen molar-refractivity contribution in [2.24, 2.45) is 0 Å². The summed E-state index contributed by atoms with van der Waals surface area (Å²) in [6.45, 7) is 3.54. The van der Waals surface area contributed by atoms with E-state index in [1.807, 2.05) is 12.1 Å². The average Bonchev–Trinajstić information content (AvgIpc) is 2.70. The minimum atomic E-state index is 0.594. The average molecular weight is 405 g/mol. The highest BCUT2D eigenvalue weighted by atomic mass is 79.9. The fourth-order valence-electron chi connectivity index (χ4n) is 1.80. The van der Waals surface area contributed by atoms with Gasteiger partial charge in [-0.15, -0.1) is 11.3 Å². The number of methoxy groups -OCH3 is 1. The smallest absolute Gasteiger partial charge is 0.0744 e. The highest BCUT2D eigenvalue weighted by Crippen LogP contribution is 2.29. The number of hydrogen-bond acceptors (Lipinski definition) is 3. The van der Waals surface area contributed by atoms with E-state index in [4.69, 9.17) is 4.74 Å². The van der Waals surface area contributed by atoms with Gasteiger partial charge in [0, 0.05) is 43.6 Å².